The van der Waals surface area contributed by atoms with Gasteiger partial charge in [0.25, 0.3) is 0 Å². The number of nitrogens with one attached hydrogen (secondary N) is 1. The summed E-state index contributed by atoms with van der Waals surface area (Å²) >= 11 is 12.9. The normalized spacial score (nSPS) is 12.5. The van der Waals surface area contributed by atoms with Gasteiger partial charge in [0, 0.05) is 14.5 Å². The van der Waals surface area contributed by atoms with Crippen LogP contribution in [0.5, 0.6) is 0 Å². The first kappa shape index (κ1) is 16.9. The lowest BCUT2D eigenvalue weighted by Crippen LogP contribution is -2.23. The smallest absolute Gasteiger partial charge is 0.129 e. The summed E-state index contributed by atoms with van der Waals surface area (Å²) in [5.41, 5.74) is 2.67. The van der Waals surface area contributed by atoms with Crippen LogP contribution in [0.3, 0.4) is 0 Å². The molecule has 112 valence electrons. The predicted octanol–water partition coefficient (Wildman–Crippen LogP) is 6.01. The lowest BCUT2D eigenvalue weighted by atomic mass is 9.97. The second kappa shape index (κ2) is 7.23. The Bertz CT molecular complexity index is 661. The van der Waals surface area contributed by atoms with Crippen LogP contribution in [0.2, 0.25) is 5.02 Å². The van der Waals surface area contributed by atoms with Gasteiger partial charge in [-0.1, -0.05) is 46.6 Å². The molecule has 0 saturated carbocycles. The predicted molar refractivity (Wildman–Crippen MR) is 93.5 cm³/mol. The van der Waals surface area contributed by atoms with Gasteiger partial charge in [0.15, 0.2) is 0 Å². The summed E-state index contributed by atoms with van der Waals surface area (Å²) in [6.07, 6.45) is 0. The highest BCUT2D eigenvalue weighted by Crippen LogP contribution is 2.32. The van der Waals surface area contributed by atoms with Crippen molar-refractivity contribution in [2.24, 2.45) is 0 Å². The van der Waals surface area contributed by atoms with Gasteiger partial charge < -0.3 is 5.32 Å². The third-order valence-corrected chi connectivity index (χ3v) is 5.36. The molecule has 0 aromatic heterocycles. The van der Waals surface area contributed by atoms with Gasteiger partial charge in [-0.2, -0.15) is 0 Å². The largest absolute Gasteiger partial charge is 0.306 e. The topological polar surface area (TPSA) is 12.0 Å². The lowest BCUT2D eigenvalue weighted by molar-refractivity contribution is 0.558. The van der Waals surface area contributed by atoms with Crippen LogP contribution >= 0.6 is 43.5 Å². The highest BCUT2D eigenvalue weighted by Gasteiger charge is 2.19. The van der Waals surface area contributed by atoms with E-state index >= 15 is 0 Å². The van der Waals surface area contributed by atoms with Crippen LogP contribution in [-0.2, 0) is 0 Å². The molecule has 0 spiro atoms. The van der Waals surface area contributed by atoms with E-state index in [1.807, 2.05) is 32.0 Å². The summed E-state index contributed by atoms with van der Waals surface area (Å²) in [5.74, 6) is -0.280. The molecule has 2 aromatic rings. The molecule has 1 N–H and O–H groups in total. The Balaban J connectivity index is 2.52. The molecule has 1 nitrogen and oxygen atoms in total. The Labute approximate surface area is 146 Å². The van der Waals surface area contributed by atoms with E-state index in [-0.39, 0.29) is 11.9 Å². The van der Waals surface area contributed by atoms with Gasteiger partial charge >= 0.3 is 0 Å². The van der Waals surface area contributed by atoms with Crippen molar-refractivity contribution in [3.8, 4) is 0 Å². The minimum atomic E-state index is -0.280. The first-order valence-electron chi connectivity index (χ1n) is 6.58. The minimum Gasteiger partial charge on any atom is -0.306 e. The molecule has 0 aliphatic carbocycles. The zero-order chi connectivity index (χ0) is 15.6. The summed E-state index contributed by atoms with van der Waals surface area (Å²) in [7, 11) is 0. The molecule has 2 rings (SSSR count). The molecule has 0 fully saturated rings. The summed E-state index contributed by atoms with van der Waals surface area (Å²) in [6, 6.07) is 8.87. The molecule has 0 aliphatic rings. The Morgan fingerprint density at radius 1 is 1.19 bits per heavy atom. The Kier molecular flexibility index (Phi) is 5.83. The SMILES string of the molecule is CCNC(c1ccc(Br)c(C)c1)c1cc(Cl)c(Br)cc1F. The molecule has 0 bridgehead atoms. The van der Waals surface area contributed by atoms with E-state index < -0.39 is 0 Å². The third kappa shape index (κ3) is 3.86. The van der Waals surface area contributed by atoms with Crippen LogP contribution in [0.15, 0.2) is 39.3 Å². The summed E-state index contributed by atoms with van der Waals surface area (Å²) < 4.78 is 15.9. The first-order valence-corrected chi connectivity index (χ1v) is 8.54. The molecule has 0 heterocycles. The number of rotatable bonds is 4. The molecular weight excluding hydrogens is 420 g/mol. The maximum Gasteiger partial charge on any atom is 0.129 e. The van der Waals surface area contributed by atoms with Crippen molar-refractivity contribution in [1.29, 1.82) is 0 Å². The molecule has 0 radical (unpaired) electrons. The molecule has 0 saturated heterocycles. The summed E-state index contributed by atoms with van der Waals surface area (Å²) in [6.45, 7) is 4.74. The second-order valence-corrected chi connectivity index (χ2v) is 6.90. The van der Waals surface area contributed by atoms with Crippen molar-refractivity contribution >= 4 is 43.5 Å². The van der Waals surface area contributed by atoms with Crippen LogP contribution in [0.4, 0.5) is 4.39 Å². The molecule has 1 atom stereocenters. The fraction of sp³-hybridized carbons (Fsp3) is 0.250. The average molecular weight is 436 g/mol. The van der Waals surface area contributed by atoms with Crippen LogP contribution < -0.4 is 5.32 Å². The lowest BCUT2D eigenvalue weighted by Gasteiger charge is -2.21. The zero-order valence-corrected chi connectivity index (χ0v) is 15.6. The van der Waals surface area contributed by atoms with Crippen molar-refractivity contribution in [2.75, 3.05) is 6.54 Å². The van der Waals surface area contributed by atoms with E-state index in [1.54, 1.807) is 6.07 Å². The minimum absolute atomic E-state index is 0.229. The van der Waals surface area contributed by atoms with Gasteiger partial charge in [-0.3, -0.25) is 0 Å². The van der Waals surface area contributed by atoms with Gasteiger partial charge in [-0.15, -0.1) is 0 Å². The maximum atomic E-state index is 14.3. The van der Waals surface area contributed by atoms with E-state index in [9.17, 15) is 4.39 Å². The van der Waals surface area contributed by atoms with Crippen LogP contribution in [0.1, 0.15) is 29.7 Å². The molecule has 1 unspecified atom stereocenters. The molecule has 2 aromatic carbocycles. The number of aryl methyl sites for hydroxylation is 1. The molecule has 0 aliphatic heterocycles. The quantitative estimate of drug-likeness (QED) is 0.580. The van der Waals surface area contributed by atoms with E-state index in [0.29, 0.717) is 15.1 Å². The third-order valence-electron chi connectivity index (χ3n) is 3.27. The highest BCUT2D eigenvalue weighted by atomic mass is 79.9. The number of benzene rings is 2. The van der Waals surface area contributed by atoms with Crippen molar-refractivity contribution < 1.29 is 4.39 Å². The van der Waals surface area contributed by atoms with Crippen molar-refractivity contribution in [2.45, 2.75) is 19.9 Å². The summed E-state index contributed by atoms with van der Waals surface area (Å²) in [5, 5.41) is 3.82. The van der Waals surface area contributed by atoms with E-state index in [4.69, 9.17) is 11.6 Å². The average Bonchev–Trinajstić information content (AvgIpc) is 2.44. The van der Waals surface area contributed by atoms with E-state index in [0.717, 1.165) is 22.1 Å². The van der Waals surface area contributed by atoms with E-state index in [1.165, 1.54) is 6.07 Å². The molecule has 0 amide bonds. The van der Waals surface area contributed by atoms with Crippen LogP contribution in [-0.4, -0.2) is 6.54 Å². The number of hydrogen-bond donors (Lipinski definition) is 1. The number of hydrogen-bond acceptors (Lipinski definition) is 1. The summed E-state index contributed by atoms with van der Waals surface area (Å²) in [4.78, 5) is 0. The highest BCUT2D eigenvalue weighted by molar-refractivity contribution is 9.10. The maximum absolute atomic E-state index is 14.3. The number of halogens is 4. The fourth-order valence-electron chi connectivity index (χ4n) is 2.22. The first-order chi connectivity index (χ1) is 9.93. The molecule has 21 heavy (non-hydrogen) atoms. The fourth-order valence-corrected chi connectivity index (χ4v) is 2.95. The van der Waals surface area contributed by atoms with Gasteiger partial charge in [-0.05, 0) is 58.7 Å². The Hall–Kier alpha value is -0.420. The van der Waals surface area contributed by atoms with Crippen LogP contribution in [0, 0.1) is 12.7 Å². The van der Waals surface area contributed by atoms with Gasteiger partial charge in [-0.25, -0.2) is 4.39 Å². The molecular formula is C16H15Br2ClFN. The zero-order valence-electron chi connectivity index (χ0n) is 11.7. The van der Waals surface area contributed by atoms with Crippen molar-refractivity contribution in [3.05, 3.63) is 66.8 Å². The van der Waals surface area contributed by atoms with Crippen molar-refractivity contribution in [3.63, 3.8) is 0 Å². The van der Waals surface area contributed by atoms with Crippen LogP contribution in [0.25, 0.3) is 0 Å². The van der Waals surface area contributed by atoms with Gasteiger partial charge in [0.05, 0.1) is 11.1 Å². The standard InChI is InChI=1S/C16H15Br2ClFN/c1-3-21-16(10-4-5-12(17)9(2)6-10)11-7-14(19)13(18)8-15(11)20/h4-8,16,21H,3H2,1-2H3. The second-order valence-electron chi connectivity index (χ2n) is 4.79. The van der Waals surface area contributed by atoms with Gasteiger partial charge in [0.1, 0.15) is 5.82 Å². The Morgan fingerprint density at radius 3 is 2.52 bits per heavy atom. The van der Waals surface area contributed by atoms with Crippen molar-refractivity contribution in [1.82, 2.24) is 5.32 Å². The molecule has 5 heteroatoms. The van der Waals surface area contributed by atoms with Gasteiger partial charge in [0.2, 0.25) is 0 Å². The Morgan fingerprint density at radius 2 is 1.90 bits per heavy atom. The monoisotopic (exact) mass is 433 g/mol. The van der Waals surface area contributed by atoms with E-state index in [2.05, 4.69) is 37.2 Å².